The fourth-order valence-electron chi connectivity index (χ4n) is 1.87. The first-order chi connectivity index (χ1) is 9.06. The third-order valence-electron chi connectivity index (χ3n) is 3.14. The molecule has 3 rings (SSSR count). The maximum absolute atomic E-state index is 11.9. The van der Waals surface area contributed by atoms with Crippen LogP contribution in [0.5, 0.6) is 0 Å². The number of carbonyl (C=O) groups excluding carboxylic acids is 1. The average molecular weight is 261 g/mol. The molecule has 0 aromatic carbocycles. The SMILES string of the molecule is CC(C)C(=O)Nc1nc2c(ncn2C2CC2)c(=O)[nH]1. The van der Waals surface area contributed by atoms with Crippen molar-refractivity contribution in [2.45, 2.75) is 32.7 Å². The predicted octanol–water partition coefficient (Wildman–Crippen LogP) is 1.05. The number of anilines is 1. The Balaban J connectivity index is 2.04. The largest absolute Gasteiger partial charge is 0.312 e. The minimum absolute atomic E-state index is 0.172. The van der Waals surface area contributed by atoms with Crippen LogP contribution in [0.1, 0.15) is 32.7 Å². The van der Waals surface area contributed by atoms with Gasteiger partial charge in [0, 0.05) is 12.0 Å². The minimum atomic E-state index is -0.330. The van der Waals surface area contributed by atoms with Crippen molar-refractivity contribution in [2.75, 3.05) is 5.32 Å². The maximum Gasteiger partial charge on any atom is 0.280 e. The average Bonchev–Trinajstić information content (AvgIpc) is 3.10. The third-order valence-corrected chi connectivity index (χ3v) is 3.14. The van der Waals surface area contributed by atoms with E-state index in [2.05, 4.69) is 20.3 Å². The molecule has 2 aromatic heterocycles. The molecular formula is C12H15N5O2. The van der Waals surface area contributed by atoms with Crippen molar-refractivity contribution in [2.24, 2.45) is 5.92 Å². The van der Waals surface area contributed by atoms with E-state index in [1.165, 1.54) is 0 Å². The van der Waals surface area contributed by atoms with Gasteiger partial charge in [0.05, 0.1) is 6.33 Å². The molecule has 1 amide bonds. The van der Waals surface area contributed by atoms with E-state index >= 15 is 0 Å². The van der Waals surface area contributed by atoms with Crippen molar-refractivity contribution < 1.29 is 4.79 Å². The van der Waals surface area contributed by atoms with Gasteiger partial charge in [-0.25, -0.2) is 4.98 Å². The van der Waals surface area contributed by atoms with Gasteiger partial charge >= 0.3 is 0 Å². The Hall–Kier alpha value is -2.18. The van der Waals surface area contributed by atoms with Crippen LogP contribution in [0, 0.1) is 5.92 Å². The molecule has 7 heteroatoms. The van der Waals surface area contributed by atoms with E-state index < -0.39 is 0 Å². The number of carbonyl (C=O) groups is 1. The highest BCUT2D eigenvalue weighted by Crippen LogP contribution is 2.36. The molecular weight excluding hydrogens is 246 g/mol. The predicted molar refractivity (Wildman–Crippen MR) is 69.9 cm³/mol. The summed E-state index contributed by atoms with van der Waals surface area (Å²) in [6, 6.07) is 0.382. The van der Waals surface area contributed by atoms with Crippen LogP contribution in [0.2, 0.25) is 0 Å². The van der Waals surface area contributed by atoms with E-state index in [9.17, 15) is 9.59 Å². The molecule has 0 aliphatic heterocycles. The van der Waals surface area contributed by atoms with Crippen molar-refractivity contribution in [1.29, 1.82) is 0 Å². The molecule has 7 nitrogen and oxygen atoms in total. The number of hydrogen-bond acceptors (Lipinski definition) is 4. The standard InChI is InChI=1S/C12H15N5O2/c1-6(2)10(18)15-12-14-9-8(11(19)16-12)13-5-17(9)7-3-4-7/h5-7H,3-4H2,1-2H3,(H2,14,15,16,18,19). The number of nitrogens with one attached hydrogen (secondary N) is 2. The molecule has 19 heavy (non-hydrogen) atoms. The van der Waals surface area contributed by atoms with Crippen LogP contribution >= 0.6 is 0 Å². The second kappa shape index (κ2) is 4.18. The number of imidazole rings is 1. The fraction of sp³-hybridized carbons (Fsp3) is 0.500. The number of rotatable bonds is 3. The van der Waals surface area contributed by atoms with Gasteiger partial charge in [-0.1, -0.05) is 13.8 Å². The van der Waals surface area contributed by atoms with Crippen LogP contribution in [-0.2, 0) is 4.79 Å². The van der Waals surface area contributed by atoms with E-state index in [0.717, 1.165) is 12.8 Å². The summed E-state index contributed by atoms with van der Waals surface area (Å²) in [5.74, 6) is -0.173. The summed E-state index contributed by atoms with van der Waals surface area (Å²) in [6.45, 7) is 3.56. The number of H-pyrrole nitrogens is 1. The maximum atomic E-state index is 11.9. The summed E-state index contributed by atoms with van der Waals surface area (Å²) >= 11 is 0. The Morgan fingerprint density at radius 1 is 1.53 bits per heavy atom. The monoisotopic (exact) mass is 261 g/mol. The molecule has 1 saturated carbocycles. The zero-order chi connectivity index (χ0) is 13.6. The summed E-state index contributed by atoms with van der Waals surface area (Å²) < 4.78 is 1.90. The van der Waals surface area contributed by atoms with Crippen LogP contribution in [-0.4, -0.2) is 25.4 Å². The van der Waals surface area contributed by atoms with Gasteiger partial charge in [-0.2, -0.15) is 4.98 Å². The van der Waals surface area contributed by atoms with Crippen LogP contribution in [0.15, 0.2) is 11.1 Å². The van der Waals surface area contributed by atoms with Gasteiger partial charge in [0.2, 0.25) is 11.9 Å². The van der Waals surface area contributed by atoms with Crippen LogP contribution in [0.25, 0.3) is 11.2 Å². The van der Waals surface area contributed by atoms with Gasteiger partial charge in [0.25, 0.3) is 5.56 Å². The van der Waals surface area contributed by atoms with Crippen molar-refractivity contribution in [3.05, 3.63) is 16.7 Å². The van der Waals surface area contributed by atoms with E-state index in [0.29, 0.717) is 17.2 Å². The molecule has 0 bridgehead atoms. The Morgan fingerprint density at radius 3 is 2.89 bits per heavy atom. The fourth-order valence-corrected chi connectivity index (χ4v) is 1.87. The van der Waals surface area contributed by atoms with E-state index in [4.69, 9.17) is 0 Å². The third kappa shape index (κ3) is 2.11. The molecule has 0 atom stereocenters. The smallest absolute Gasteiger partial charge is 0.280 e. The Labute approximate surface area is 109 Å². The summed E-state index contributed by atoms with van der Waals surface area (Å²) in [5.41, 5.74) is 0.517. The highest BCUT2D eigenvalue weighted by molar-refractivity contribution is 5.91. The van der Waals surface area contributed by atoms with Gasteiger partial charge in [0.15, 0.2) is 11.2 Å². The summed E-state index contributed by atoms with van der Waals surface area (Å²) in [5, 5.41) is 2.60. The summed E-state index contributed by atoms with van der Waals surface area (Å²) in [6.07, 6.45) is 3.79. The molecule has 2 heterocycles. The molecule has 1 aliphatic carbocycles. The quantitative estimate of drug-likeness (QED) is 0.863. The van der Waals surface area contributed by atoms with Crippen molar-refractivity contribution in [3.63, 3.8) is 0 Å². The van der Waals surface area contributed by atoms with Gasteiger partial charge in [-0.05, 0) is 12.8 Å². The van der Waals surface area contributed by atoms with Crippen molar-refractivity contribution in [3.8, 4) is 0 Å². The Kier molecular flexibility index (Phi) is 2.62. The van der Waals surface area contributed by atoms with Crippen LogP contribution in [0.3, 0.4) is 0 Å². The molecule has 0 saturated heterocycles. The molecule has 0 radical (unpaired) electrons. The number of amides is 1. The van der Waals surface area contributed by atoms with Crippen LogP contribution < -0.4 is 10.9 Å². The highest BCUT2D eigenvalue weighted by Gasteiger charge is 2.26. The molecule has 0 spiro atoms. The van der Waals surface area contributed by atoms with E-state index in [1.807, 2.05) is 4.57 Å². The first-order valence-electron chi connectivity index (χ1n) is 6.34. The first kappa shape index (κ1) is 11.9. The zero-order valence-electron chi connectivity index (χ0n) is 10.8. The minimum Gasteiger partial charge on any atom is -0.312 e. The lowest BCUT2D eigenvalue weighted by molar-refractivity contribution is -0.118. The lowest BCUT2D eigenvalue weighted by Crippen LogP contribution is -2.22. The van der Waals surface area contributed by atoms with Gasteiger partial charge in [0.1, 0.15) is 0 Å². The number of aromatic nitrogens is 4. The van der Waals surface area contributed by atoms with E-state index in [-0.39, 0.29) is 23.3 Å². The zero-order valence-corrected chi connectivity index (χ0v) is 10.8. The lowest BCUT2D eigenvalue weighted by atomic mass is 10.2. The summed E-state index contributed by atoms with van der Waals surface area (Å²) in [7, 11) is 0. The molecule has 2 N–H and O–H groups in total. The van der Waals surface area contributed by atoms with Crippen molar-refractivity contribution in [1.82, 2.24) is 19.5 Å². The van der Waals surface area contributed by atoms with Gasteiger partial charge in [-0.15, -0.1) is 0 Å². The molecule has 1 fully saturated rings. The van der Waals surface area contributed by atoms with E-state index in [1.54, 1.807) is 20.2 Å². The number of hydrogen-bond donors (Lipinski definition) is 2. The van der Waals surface area contributed by atoms with Crippen LogP contribution in [0.4, 0.5) is 5.95 Å². The first-order valence-corrected chi connectivity index (χ1v) is 6.34. The number of nitrogens with zero attached hydrogens (tertiary/aromatic N) is 3. The molecule has 1 aliphatic rings. The normalized spacial score (nSPS) is 15.1. The lowest BCUT2D eigenvalue weighted by Gasteiger charge is -2.07. The van der Waals surface area contributed by atoms with Gasteiger partial charge < -0.3 is 4.57 Å². The number of aromatic amines is 1. The highest BCUT2D eigenvalue weighted by atomic mass is 16.2. The van der Waals surface area contributed by atoms with Crippen molar-refractivity contribution >= 4 is 23.0 Å². The Morgan fingerprint density at radius 2 is 2.26 bits per heavy atom. The molecule has 2 aromatic rings. The van der Waals surface area contributed by atoms with Gasteiger partial charge in [-0.3, -0.25) is 19.9 Å². The Bertz CT molecular complexity index is 696. The molecule has 100 valence electrons. The second-order valence-corrected chi connectivity index (χ2v) is 5.11. The second-order valence-electron chi connectivity index (χ2n) is 5.11. The number of fused-ring (bicyclic) bond motifs is 1. The molecule has 0 unspecified atom stereocenters. The summed E-state index contributed by atoms with van der Waals surface area (Å²) in [4.78, 5) is 34.4. The topological polar surface area (TPSA) is 92.7 Å².